The monoisotopic (exact) mass is 762 g/mol. The van der Waals surface area contributed by atoms with Gasteiger partial charge in [0.05, 0.1) is 0 Å². The molecule has 12 nitrogen and oxygen atoms in total. The zero-order valence-electron chi connectivity index (χ0n) is 22.3. The van der Waals surface area contributed by atoms with Crippen molar-refractivity contribution in [2.24, 2.45) is 5.73 Å². The summed E-state index contributed by atoms with van der Waals surface area (Å²) in [6.45, 7) is 5.09. The van der Waals surface area contributed by atoms with E-state index < -0.39 is 87.8 Å². The van der Waals surface area contributed by atoms with Crippen molar-refractivity contribution in [3.63, 3.8) is 0 Å². The number of unbranched alkanes of at least 4 members (excludes halogenated alkanes) is 3. The summed E-state index contributed by atoms with van der Waals surface area (Å²) < 4.78 is 225. The van der Waals surface area contributed by atoms with Gasteiger partial charge < -0.3 is 11.1 Å². The smallest absolute Gasteiger partial charge is 0.329 e. The number of nitrogens with one attached hydrogen (secondary N) is 3. The maximum Gasteiger partial charge on any atom is 0.404 e. The maximum absolute atomic E-state index is 11.6. The molecule has 0 bridgehead atoms. The quantitative estimate of drug-likeness (QED) is 0.141. The first-order chi connectivity index (χ1) is 19.2. The van der Waals surface area contributed by atoms with Gasteiger partial charge in [0, 0.05) is 13.1 Å². The van der Waals surface area contributed by atoms with Crippen molar-refractivity contribution in [1.82, 2.24) is 13.6 Å². The van der Waals surface area contributed by atoms with E-state index in [0.717, 1.165) is 19.6 Å². The van der Waals surface area contributed by atoms with Crippen LogP contribution in [-0.4, -0.2) is 101 Å². The lowest BCUT2D eigenvalue weighted by atomic mass is 10.2. The first-order valence-electron chi connectivity index (χ1n) is 11.3. The van der Waals surface area contributed by atoms with E-state index in [-0.39, 0.29) is 0 Å². The van der Waals surface area contributed by atoms with Crippen molar-refractivity contribution in [2.75, 3.05) is 42.6 Å². The van der Waals surface area contributed by atoms with Crippen LogP contribution >= 0.6 is 0 Å². The molecule has 270 valence electrons. The second-order valence-corrected chi connectivity index (χ2v) is 15.7. The summed E-state index contributed by atoms with van der Waals surface area (Å²) in [4.78, 5) is 0. The molecule has 5 N–H and O–H groups in total. The van der Waals surface area contributed by atoms with Crippen LogP contribution in [0.5, 0.6) is 0 Å². The molecule has 0 aromatic carbocycles. The van der Waals surface area contributed by atoms with Gasteiger partial charge in [-0.1, -0.05) is 26.2 Å². The number of nitrogens with two attached hydrogens (primary N) is 1. The molecule has 0 rings (SSSR count). The Morgan fingerprint density at radius 2 is 0.750 bits per heavy atom. The first-order valence-corrected chi connectivity index (χ1v) is 17.9. The summed E-state index contributed by atoms with van der Waals surface area (Å²) in [7, 11) is -21.7. The van der Waals surface area contributed by atoms with E-state index in [1.807, 2.05) is 0 Å². The van der Waals surface area contributed by atoms with Crippen LogP contribution in [-0.2, 0) is 40.1 Å². The van der Waals surface area contributed by atoms with Crippen molar-refractivity contribution in [3.05, 3.63) is 0 Å². The van der Waals surface area contributed by atoms with Gasteiger partial charge in [-0.25, -0.2) is 33.7 Å². The van der Waals surface area contributed by atoms with Crippen molar-refractivity contribution in [3.8, 4) is 0 Å². The Kier molecular flexibility index (Phi) is 20.2. The van der Waals surface area contributed by atoms with E-state index in [0.29, 0.717) is 8.25 Å². The van der Waals surface area contributed by atoms with Crippen LogP contribution in [0.25, 0.3) is 0 Å². The second-order valence-electron chi connectivity index (χ2n) is 8.26. The van der Waals surface area contributed by atoms with Gasteiger partial charge in [-0.3, -0.25) is 0 Å². The summed E-state index contributed by atoms with van der Waals surface area (Å²) in [5.41, 5.74) is 5.31. The summed E-state index contributed by atoms with van der Waals surface area (Å²) in [5, 5.41) is 3.27. The highest BCUT2D eigenvalue weighted by Gasteiger charge is 2.42. The Morgan fingerprint density at radius 3 is 0.955 bits per heavy atom. The molecule has 0 radical (unpaired) electrons. The van der Waals surface area contributed by atoms with Gasteiger partial charge in [0.15, 0.2) is 23.0 Å². The third kappa shape index (κ3) is 37.0. The van der Waals surface area contributed by atoms with Crippen LogP contribution in [0, 0.1) is 0 Å². The molecule has 0 aliphatic carbocycles. The summed E-state index contributed by atoms with van der Waals surface area (Å²) in [5.74, 6) is -10.3. The highest BCUT2D eigenvalue weighted by atomic mass is 32.3. The zero-order chi connectivity index (χ0) is 35.9. The SMILES string of the molecule is CCCCCCNCCN.O=S(=O)(CC(F)(F)F)NS(=O)(=O)CC(F)(F)F.O=S(=O)(CC(F)(F)F)NS(=O)(=O)CC(F)(F)F. The van der Waals surface area contributed by atoms with Gasteiger partial charge in [0.2, 0.25) is 40.1 Å². The number of sulfonamides is 4. The molecular weight excluding hydrogens is 732 g/mol. The number of hydrogen-bond donors (Lipinski definition) is 4. The van der Waals surface area contributed by atoms with E-state index in [9.17, 15) is 86.4 Å². The topological polar surface area (TPSA) is 199 Å². The molecule has 0 atom stereocenters. The summed E-state index contributed by atoms with van der Waals surface area (Å²) >= 11 is 0. The van der Waals surface area contributed by atoms with E-state index >= 15 is 0 Å². The third-order valence-electron chi connectivity index (χ3n) is 3.45. The minimum atomic E-state index is -5.43. The number of hydrogen-bond acceptors (Lipinski definition) is 10. The average Bonchev–Trinajstić information content (AvgIpc) is 2.61. The van der Waals surface area contributed by atoms with Crippen LogP contribution in [0.2, 0.25) is 0 Å². The predicted molar refractivity (Wildman–Crippen MR) is 132 cm³/mol. The Bertz CT molecular complexity index is 1060. The van der Waals surface area contributed by atoms with Crippen molar-refractivity contribution in [1.29, 1.82) is 0 Å². The van der Waals surface area contributed by atoms with Crippen LogP contribution < -0.4 is 19.3 Å². The molecule has 0 saturated carbocycles. The van der Waals surface area contributed by atoms with Crippen molar-refractivity contribution in [2.45, 2.75) is 57.3 Å². The molecule has 0 spiro atoms. The molecule has 28 heteroatoms. The van der Waals surface area contributed by atoms with E-state index in [1.165, 1.54) is 25.7 Å². The Balaban J connectivity index is -0.000000594. The standard InChI is InChI=1S/C8H20N2.2C4H5F6NO4S2/c1-2-3-4-5-7-10-8-6-9;2*5-3(6,7)1-16(12,13)11-17(14,15)2-4(8,9)10/h10H,2-9H2,1H3;2*11H,1-2H2. The lowest BCUT2D eigenvalue weighted by Crippen LogP contribution is -2.41. The van der Waals surface area contributed by atoms with Gasteiger partial charge >= 0.3 is 24.7 Å². The van der Waals surface area contributed by atoms with Gasteiger partial charge in [0.25, 0.3) is 0 Å². The van der Waals surface area contributed by atoms with Gasteiger partial charge in [-0.05, 0) is 13.0 Å². The highest BCUT2D eigenvalue weighted by molar-refractivity contribution is 8.05. The molecule has 0 fully saturated rings. The zero-order valence-corrected chi connectivity index (χ0v) is 25.6. The van der Waals surface area contributed by atoms with Crippen LogP contribution in [0.15, 0.2) is 0 Å². The average molecular weight is 763 g/mol. The molecule has 0 aromatic rings. The lowest BCUT2D eigenvalue weighted by molar-refractivity contribution is -0.108. The number of halogens is 12. The van der Waals surface area contributed by atoms with E-state index in [4.69, 9.17) is 5.73 Å². The first kappa shape index (κ1) is 47.2. The Hall–Kier alpha value is -1.20. The minimum absolute atomic E-state index is 0.350. The normalized spacial score (nSPS) is 13.9. The van der Waals surface area contributed by atoms with Gasteiger partial charge in [0.1, 0.15) is 0 Å². The van der Waals surface area contributed by atoms with Crippen LogP contribution in [0.1, 0.15) is 32.6 Å². The molecular formula is C16H30F12N4O8S4. The Morgan fingerprint density at radius 1 is 0.477 bits per heavy atom. The summed E-state index contributed by atoms with van der Waals surface area (Å²) in [6.07, 6.45) is -15.7. The molecule has 0 heterocycles. The van der Waals surface area contributed by atoms with Gasteiger partial charge in [-0.15, -0.1) is 8.25 Å². The fourth-order valence-electron chi connectivity index (χ4n) is 2.27. The molecule has 0 unspecified atom stereocenters. The lowest BCUT2D eigenvalue weighted by Gasteiger charge is -2.11. The minimum Gasteiger partial charge on any atom is -0.329 e. The van der Waals surface area contributed by atoms with Crippen molar-refractivity contribution >= 4 is 40.1 Å². The van der Waals surface area contributed by atoms with Crippen LogP contribution in [0.3, 0.4) is 0 Å². The molecule has 0 aromatic heterocycles. The maximum atomic E-state index is 11.6. The molecule has 0 aliphatic rings. The van der Waals surface area contributed by atoms with E-state index in [2.05, 4.69) is 12.2 Å². The molecule has 44 heavy (non-hydrogen) atoms. The molecule has 0 aliphatic heterocycles. The van der Waals surface area contributed by atoms with Crippen molar-refractivity contribution < 1.29 is 86.4 Å². The molecule has 0 saturated heterocycles. The predicted octanol–water partition coefficient (Wildman–Crippen LogP) is 1.84. The number of rotatable bonds is 15. The summed E-state index contributed by atoms with van der Waals surface area (Å²) in [6, 6.07) is 0. The second kappa shape index (κ2) is 18.8. The number of alkyl halides is 12. The fourth-order valence-corrected chi connectivity index (χ4v) is 8.03. The van der Waals surface area contributed by atoms with Crippen LogP contribution in [0.4, 0.5) is 52.7 Å². The Labute approximate surface area is 245 Å². The third-order valence-corrected chi connectivity index (χ3v) is 10.3. The fraction of sp³-hybridized carbons (Fsp3) is 1.00. The largest absolute Gasteiger partial charge is 0.404 e. The van der Waals surface area contributed by atoms with Gasteiger partial charge in [-0.2, -0.15) is 52.7 Å². The van der Waals surface area contributed by atoms with E-state index in [1.54, 1.807) is 0 Å². The molecule has 0 amide bonds. The highest BCUT2D eigenvalue weighted by Crippen LogP contribution is 2.21.